The first-order valence-corrected chi connectivity index (χ1v) is 4.53. The molecule has 0 aromatic rings. The summed E-state index contributed by atoms with van der Waals surface area (Å²) < 4.78 is 5.38. The van der Waals surface area contributed by atoms with E-state index in [0.717, 1.165) is 13.1 Å². The predicted molar refractivity (Wildman–Crippen MR) is 50.4 cm³/mol. The number of morpholine rings is 1. The number of carbonyl (C=O) groups is 1. The summed E-state index contributed by atoms with van der Waals surface area (Å²) in [6, 6.07) is 0. The quantitative estimate of drug-likeness (QED) is 0.588. The van der Waals surface area contributed by atoms with E-state index in [1.54, 1.807) is 6.08 Å². The van der Waals surface area contributed by atoms with Crippen molar-refractivity contribution in [1.82, 2.24) is 10.6 Å². The molecule has 1 saturated heterocycles. The zero-order chi connectivity index (χ0) is 9.52. The molecule has 0 aromatic carbocycles. The molecule has 1 rings (SSSR count). The molecule has 13 heavy (non-hydrogen) atoms. The molecule has 1 heterocycles. The molecule has 1 atom stereocenters. The van der Waals surface area contributed by atoms with Crippen LogP contribution < -0.4 is 10.6 Å². The zero-order valence-corrected chi connectivity index (χ0v) is 7.71. The Hall–Kier alpha value is -0.870. The fourth-order valence-electron chi connectivity index (χ4n) is 1.22. The lowest BCUT2D eigenvalue weighted by Gasteiger charge is -2.22. The first-order chi connectivity index (χ1) is 6.33. The second kappa shape index (κ2) is 5.72. The van der Waals surface area contributed by atoms with Crippen LogP contribution in [0.1, 0.15) is 6.42 Å². The van der Waals surface area contributed by atoms with Crippen LogP contribution in [0.5, 0.6) is 0 Å². The van der Waals surface area contributed by atoms with Gasteiger partial charge in [0.05, 0.1) is 19.1 Å². The molecule has 74 valence electrons. The molecule has 1 fully saturated rings. The maximum absolute atomic E-state index is 11.2. The third kappa shape index (κ3) is 4.05. The fraction of sp³-hybridized carbons (Fsp3) is 0.667. The lowest BCUT2D eigenvalue weighted by Crippen LogP contribution is -2.41. The smallest absolute Gasteiger partial charge is 0.222 e. The third-order valence-corrected chi connectivity index (χ3v) is 1.86. The highest BCUT2D eigenvalue weighted by atomic mass is 16.5. The van der Waals surface area contributed by atoms with Crippen LogP contribution in [0.4, 0.5) is 0 Å². The van der Waals surface area contributed by atoms with Crippen LogP contribution in [0, 0.1) is 0 Å². The minimum atomic E-state index is 0.0219. The molecule has 4 nitrogen and oxygen atoms in total. The van der Waals surface area contributed by atoms with E-state index in [-0.39, 0.29) is 12.0 Å². The lowest BCUT2D eigenvalue weighted by atomic mass is 10.2. The van der Waals surface area contributed by atoms with E-state index in [2.05, 4.69) is 17.2 Å². The minimum Gasteiger partial charge on any atom is -0.375 e. The average molecular weight is 184 g/mol. The molecule has 0 aromatic heterocycles. The number of carbonyl (C=O) groups excluding carboxylic acids is 1. The van der Waals surface area contributed by atoms with Gasteiger partial charge in [-0.15, -0.1) is 6.58 Å². The second-order valence-electron chi connectivity index (χ2n) is 2.99. The van der Waals surface area contributed by atoms with Gasteiger partial charge in [-0.25, -0.2) is 0 Å². The average Bonchev–Trinajstić information content (AvgIpc) is 2.16. The van der Waals surface area contributed by atoms with Gasteiger partial charge in [0.15, 0.2) is 0 Å². The number of rotatable bonds is 4. The molecule has 1 aliphatic rings. The number of amides is 1. The second-order valence-corrected chi connectivity index (χ2v) is 2.99. The molecule has 4 heteroatoms. The largest absolute Gasteiger partial charge is 0.375 e. The SMILES string of the molecule is C=CCNC(=O)CC1CNCCO1. The maximum atomic E-state index is 11.2. The number of hydrogen-bond acceptors (Lipinski definition) is 3. The predicted octanol–water partition coefficient (Wildman–Crippen LogP) is -0.333. The Kier molecular flexibility index (Phi) is 4.49. The van der Waals surface area contributed by atoms with Gasteiger partial charge < -0.3 is 15.4 Å². The fourth-order valence-corrected chi connectivity index (χ4v) is 1.22. The molecule has 0 bridgehead atoms. The number of nitrogens with one attached hydrogen (secondary N) is 2. The van der Waals surface area contributed by atoms with Crippen LogP contribution in [-0.4, -0.2) is 38.3 Å². The van der Waals surface area contributed by atoms with Gasteiger partial charge >= 0.3 is 0 Å². The molecule has 0 spiro atoms. The van der Waals surface area contributed by atoms with E-state index >= 15 is 0 Å². The van der Waals surface area contributed by atoms with E-state index in [9.17, 15) is 4.79 Å². The Morgan fingerprint density at radius 1 is 1.77 bits per heavy atom. The summed E-state index contributed by atoms with van der Waals surface area (Å²) in [6.07, 6.45) is 2.12. The van der Waals surface area contributed by atoms with Gasteiger partial charge in [-0.2, -0.15) is 0 Å². The molecular weight excluding hydrogens is 168 g/mol. The van der Waals surface area contributed by atoms with Crippen molar-refractivity contribution in [2.45, 2.75) is 12.5 Å². The van der Waals surface area contributed by atoms with Crippen molar-refractivity contribution in [1.29, 1.82) is 0 Å². The van der Waals surface area contributed by atoms with Gasteiger partial charge in [0.1, 0.15) is 0 Å². The summed E-state index contributed by atoms with van der Waals surface area (Å²) in [5.41, 5.74) is 0. The van der Waals surface area contributed by atoms with E-state index < -0.39 is 0 Å². The lowest BCUT2D eigenvalue weighted by molar-refractivity contribution is -0.124. The monoisotopic (exact) mass is 184 g/mol. The Balaban J connectivity index is 2.14. The van der Waals surface area contributed by atoms with E-state index in [4.69, 9.17) is 4.74 Å². The van der Waals surface area contributed by atoms with Crippen LogP contribution in [0.25, 0.3) is 0 Å². The minimum absolute atomic E-state index is 0.0219. The van der Waals surface area contributed by atoms with Crippen molar-refractivity contribution < 1.29 is 9.53 Å². The topological polar surface area (TPSA) is 50.4 Å². The van der Waals surface area contributed by atoms with Crippen LogP contribution in [0.2, 0.25) is 0 Å². The van der Waals surface area contributed by atoms with Gasteiger partial charge in [0.2, 0.25) is 5.91 Å². The van der Waals surface area contributed by atoms with Gasteiger partial charge in [-0.1, -0.05) is 6.08 Å². The summed E-state index contributed by atoms with van der Waals surface area (Å²) in [6.45, 7) is 6.39. The zero-order valence-electron chi connectivity index (χ0n) is 7.71. The highest BCUT2D eigenvalue weighted by Crippen LogP contribution is 2.00. The van der Waals surface area contributed by atoms with Crippen molar-refractivity contribution in [2.24, 2.45) is 0 Å². The first-order valence-electron chi connectivity index (χ1n) is 4.53. The van der Waals surface area contributed by atoms with Crippen LogP contribution >= 0.6 is 0 Å². The summed E-state index contributed by atoms with van der Waals surface area (Å²) in [7, 11) is 0. The van der Waals surface area contributed by atoms with Crippen LogP contribution in [-0.2, 0) is 9.53 Å². The van der Waals surface area contributed by atoms with Crippen molar-refractivity contribution in [3.05, 3.63) is 12.7 Å². The first kappa shape index (κ1) is 10.2. The number of ether oxygens (including phenoxy) is 1. The molecule has 1 amide bonds. The summed E-state index contributed by atoms with van der Waals surface area (Å²) in [5, 5.41) is 5.89. The molecule has 1 unspecified atom stereocenters. The molecular formula is C9H16N2O2. The van der Waals surface area contributed by atoms with Gasteiger partial charge in [0, 0.05) is 19.6 Å². The Morgan fingerprint density at radius 2 is 2.62 bits per heavy atom. The van der Waals surface area contributed by atoms with E-state index in [1.165, 1.54) is 0 Å². The summed E-state index contributed by atoms with van der Waals surface area (Å²) in [5.74, 6) is 0.0219. The summed E-state index contributed by atoms with van der Waals surface area (Å²) in [4.78, 5) is 11.2. The van der Waals surface area contributed by atoms with Crippen molar-refractivity contribution in [2.75, 3.05) is 26.2 Å². The maximum Gasteiger partial charge on any atom is 0.222 e. The van der Waals surface area contributed by atoms with Gasteiger partial charge in [0.25, 0.3) is 0 Å². The van der Waals surface area contributed by atoms with Crippen molar-refractivity contribution >= 4 is 5.91 Å². The van der Waals surface area contributed by atoms with Crippen LogP contribution in [0.15, 0.2) is 12.7 Å². The molecule has 0 radical (unpaired) electrons. The third-order valence-electron chi connectivity index (χ3n) is 1.86. The van der Waals surface area contributed by atoms with Crippen molar-refractivity contribution in [3.8, 4) is 0 Å². The van der Waals surface area contributed by atoms with Gasteiger partial charge in [-0.05, 0) is 0 Å². The van der Waals surface area contributed by atoms with E-state index in [0.29, 0.717) is 19.6 Å². The van der Waals surface area contributed by atoms with Gasteiger partial charge in [-0.3, -0.25) is 4.79 Å². The van der Waals surface area contributed by atoms with E-state index in [1.807, 2.05) is 0 Å². The summed E-state index contributed by atoms with van der Waals surface area (Å²) >= 11 is 0. The Labute approximate surface area is 78.3 Å². The highest BCUT2D eigenvalue weighted by molar-refractivity contribution is 5.76. The van der Waals surface area contributed by atoms with Crippen LogP contribution in [0.3, 0.4) is 0 Å². The normalized spacial score (nSPS) is 22.3. The molecule has 0 saturated carbocycles. The molecule has 2 N–H and O–H groups in total. The molecule has 0 aliphatic carbocycles. The van der Waals surface area contributed by atoms with Crippen molar-refractivity contribution in [3.63, 3.8) is 0 Å². The Morgan fingerprint density at radius 3 is 3.23 bits per heavy atom. The molecule has 1 aliphatic heterocycles. The standard InChI is InChI=1S/C9H16N2O2/c1-2-3-11-9(12)6-8-7-10-4-5-13-8/h2,8,10H,1,3-7H2,(H,11,12). The highest BCUT2D eigenvalue weighted by Gasteiger charge is 2.16. The number of hydrogen-bond donors (Lipinski definition) is 2. The Bertz CT molecular complexity index is 176.